The average Bonchev–Trinajstić information content (AvgIpc) is 3.12. The lowest BCUT2D eigenvalue weighted by Crippen LogP contribution is -2.47. The van der Waals surface area contributed by atoms with E-state index in [2.05, 4.69) is 22.0 Å². The zero-order valence-electron chi connectivity index (χ0n) is 16.2. The highest BCUT2D eigenvalue weighted by molar-refractivity contribution is 5.85. The fourth-order valence-electron chi connectivity index (χ4n) is 2.96. The monoisotopic (exact) mass is 433 g/mol. The van der Waals surface area contributed by atoms with Gasteiger partial charge in [-0.1, -0.05) is 5.16 Å². The molecular weight excluding hydrogens is 405 g/mol. The number of aliphatic hydroxyl groups is 1. The number of methoxy groups -OCH3 is 1. The molecule has 0 bridgehead atoms. The number of nitrogens with zero attached hydrogens (tertiary/aromatic N) is 3. The van der Waals surface area contributed by atoms with E-state index >= 15 is 0 Å². The second-order valence-corrected chi connectivity index (χ2v) is 6.68. The summed E-state index contributed by atoms with van der Waals surface area (Å²) < 4.78 is 16.1. The van der Waals surface area contributed by atoms with Gasteiger partial charge in [-0.05, 0) is 31.3 Å². The van der Waals surface area contributed by atoms with Gasteiger partial charge in [0.25, 0.3) is 0 Å². The van der Waals surface area contributed by atoms with Crippen molar-refractivity contribution in [2.45, 2.75) is 12.7 Å². The topological polar surface area (TPSA) is 71.2 Å². The van der Waals surface area contributed by atoms with Gasteiger partial charge in [-0.3, -0.25) is 4.90 Å². The second kappa shape index (κ2) is 12.3. The summed E-state index contributed by atoms with van der Waals surface area (Å²) in [5, 5.41) is 14.2. The van der Waals surface area contributed by atoms with Crippen molar-refractivity contribution in [2.75, 3.05) is 53.5 Å². The Morgan fingerprint density at radius 2 is 1.82 bits per heavy atom. The number of benzene rings is 1. The molecule has 1 aliphatic rings. The van der Waals surface area contributed by atoms with Crippen molar-refractivity contribution >= 4 is 24.8 Å². The van der Waals surface area contributed by atoms with Crippen LogP contribution in [0.3, 0.4) is 0 Å². The number of hydrogen-bond donors (Lipinski definition) is 1. The van der Waals surface area contributed by atoms with E-state index in [4.69, 9.17) is 14.0 Å². The van der Waals surface area contributed by atoms with Gasteiger partial charge >= 0.3 is 0 Å². The molecule has 0 saturated carbocycles. The van der Waals surface area contributed by atoms with Crippen LogP contribution in [0, 0.1) is 0 Å². The van der Waals surface area contributed by atoms with E-state index in [1.807, 2.05) is 30.3 Å². The van der Waals surface area contributed by atoms with E-state index in [1.165, 1.54) is 0 Å². The van der Waals surface area contributed by atoms with Gasteiger partial charge < -0.3 is 24.0 Å². The first-order valence-electron chi connectivity index (χ1n) is 8.91. The van der Waals surface area contributed by atoms with Crippen LogP contribution in [-0.2, 0) is 11.3 Å². The van der Waals surface area contributed by atoms with E-state index in [0.29, 0.717) is 18.9 Å². The van der Waals surface area contributed by atoms with Gasteiger partial charge in [0.05, 0.1) is 19.8 Å². The number of aromatic nitrogens is 1. The molecule has 1 unspecified atom stereocenters. The SMILES string of the molecule is COc1ccc(-c2cc(COCC(O)CN3CCN(C)CC3)on2)cc1.Cl.Cl. The Balaban J connectivity index is 0.00000196. The van der Waals surface area contributed by atoms with Crippen LogP contribution in [0.25, 0.3) is 11.3 Å². The van der Waals surface area contributed by atoms with Crippen LogP contribution >= 0.6 is 24.8 Å². The molecule has 9 heteroatoms. The minimum atomic E-state index is -0.498. The van der Waals surface area contributed by atoms with Crippen molar-refractivity contribution in [2.24, 2.45) is 0 Å². The van der Waals surface area contributed by atoms with E-state index in [9.17, 15) is 5.11 Å². The third-order valence-corrected chi connectivity index (χ3v) is 4.56. The number of hydrogen-bond acceptors (Lipinski definition) is 7. The number of halogens is 2. The van der Waals surface area contributed by atoms with Crippen LogP contribution in [0.1, 0.15) is 5.76 Å². The van der Waals surface area contributed by atoms with Gasteiger partial charge in [-0.25, -0.2) is 0 Å². The Morgan fingerprint density at radius 3 is 2.46 bits per heavy atom. The third kappa shape index (κ3) is 7.24. The number of rotatable bonds is 8. The zero-order valence-corrected chi connectivity index (χ0v) is 17.9. The number of ether oxygens (including phenoxy) is 2. The lowest BCUT2D eigenvalue weighted by Gasteiger charge is -2.33. The van der Waals surface area contributed by atoms with Gasteiger partial charge in [0.1, 0.15) is 18.1 Å². The maximum atomic E-state index is 10.1. The predicted octanol–water partition coefficient (Wildman–Crippen LogP) is 2.32. The highest BCUT2D eigenvalue weighted by atomic mass is 35.5. The summed E-state index contributed by atoms with van der Waals surface area (Å²) in [7, 11) is 3.76. The predicted molar refractivity (Wildman–Crippen MR) is 113 cm³/mol. The summed E-state index contributed by atoms with van der Waals surface area (Å²) in [6, 6.07) is 9.49. The van der Waals surface area contributed by atoms with Gasteiger partial charge in [-0.2, -0.15) is 0 Å². The number of aliphatic hydroxyl groups excluding tert-OH is 1. The first-order valence-corrected chi connectivity index (χ1v) is 8.91. The van der Waals surface area contributed by atoms with E-state index in [-0.39, 0.29) is 31.4 Å². The third-order valence-electron chi connectivity index (χ3n) is 4.56. The van der Waals surface area contributed by atoms with Crippen LogP contribution in [0.5, 0.6) is 5.75 Å². The lowest BCUT2D eigenvalue weighted by atomic mass is 10.1. The molecule has 0 aliphatic carbocycles. The molecule has 0 amide bonds. The Kier molecular flexibility index (Phi) is 10.8. The summed E-state index contributed by atoms with van der Waals surface area (Å²) >= 11 is 0. The Labute approximate surface area is 178 Å². The molecule has 1 aromatic carbocycles. The standard InChI is InChI=1S/C19H27N3O4.2ClH/c1-21-7-9-22(10-8-21)12-16(23)13-25-14-18-11-19(20-26-18)15-3-5-17(24-2)6-4-15;;/h3-6,11,16,23H,7-10,12-14H2,1-2H3;2*1H. The van der Waals surface area contributed by atoms with E-state index in [0.717, 1.165) is 43.2 Å². The fraction of sp³-hybridized carbons (Fsp3) is 0.526. The van der Waals surface area contributed by atoms with E-state index in [1.54, 1.807) is 7.11 Å². The van der Waals surface area contributed by atoms with Gasteiger partial charge in [0.15, 0.2) is 5.76 Å². The fourth-order valence-corrected chi connectivity index (χ4v) is 2.96. The smallest absolute Gasteiger partial charge is 0.163 e. The summed E-state index contributed by atoms with van der Waals surface area (Å²) in [4.78, 5) is 4.56. The van der Waals surface area contributed by atoms with Crippen LogP contribution in [0.2, 0.25) is 0 Å². The average molecular weight is 434 g/mol. The number of β-amino-alcohol motifs (C(OH)–C–C–N with tert-alkyl or cyclic N) is 1. The van der Waals surface area contributed by atoms with Crippen LogP contribution < -0.4 is 4.74 Å². The summed E-state index contributed by atoms with van der Waals surface area (Å²) in [5.74, 6) is 1.44. The quantitative estimate of drug-likeness (QED) is 0.684. The molecule has 1 aromatic heterocycles. The summed E-state index contributed by atoms with van der Waals surface area (Å²) in [6.45, 7) is 5.27. The first-order chi connectivity index (χ1) is 12.6. The molecule has 2 aromatic rings. The van der Waals surface area contributed by atoms with Crippen LogP contribution in [-0.4, -0.2) is 79.7 Å². The van der Waals surface area contributed by atoms with Crippen molar-refractivity contribution in [3.8, 4) is 17.0 Å². The zero-order chi connectivity index (χ0) is 18.4. The Bertz CT molecular complexity index is 676. The van der Waals surface area contributed by atoms with Gasteiger partial charge in [0, 0.05) is 44.4 Å². The van der Waals surface area contributed by atoms with E-state index < -0.39 is 6.10 Å². The molecule has 1 N–H and O–H groups in total. The van der Waals surface area contributed by atoms with Crippen molar-refractivity contribution in [1.82, 2.24) is 15.0 Å². The summed E-state index contributed by atoms with van der Waals surface area (Å²) in [5.41, 5.74) is 1.71. The highest BCUT2D eigenvalue weighted by Crippen LogP contribution is 2.22. The Morgan fingerprint density at radius 1 is 1.14 bits per heavy atom. The molecular formula is C19H29Cl2N3O4. The largest absolute Gasteiger partial charge is 0.497 e. The molecule has 1 aliphatic heterocycles. The van der Waals surface area contributed by atoms with Crippen molar-refractivity contribution in [3.63, 3.8) is 0 Å². The second-order valence-electron chi connectivity index (χ2n) is 6.68. The normalized spacial score (nSPS) is 16.1. The molecule has 0 spiro atoms. The molecule has 0 radical (unpaired) electrons. The van der Waals surface area contributed by atoms with Gasteiger partial charge in [0.2, 0.25) is 0 Å². The first kappa shape index (κ1) is 24.7. The Hall–Kier alpha value is -1.35. The molecule has 28 heavy (non-hydrogen) atoms. The maximum Gasteiger partial charge on any atom is 0.163 e. The molecule has 1 fully saturated rings. The molecule has 1 atom stereocenters. The van der Waals surface area contributed by atoms with Crippen LogP contribution in [0.4, 0.5) is 0 Å². The minimum Gasteiger partial charge on any atom is -0.497 e. The molecule has 3 rings (SSSR count). The number of piperazine rings is 1. The van der Waals surface area contributed by atoms with Gasteiger partial charge in [-0.15, -0.1) is 24.8 Å². The highest BCUT2D eigenvalue weighted by Gasteiger charge is 2.17. The minimum absolute atomic E-state index is 0. The maximum absolute atomic E-state index is 10.1. The number of likely N-dealkylation sites (N-methyl/N-ethyl adjacent to an activating group) is 1. The molecule has 158 valence electrons. The van der Waals surface area contributed by atoms with Crippen LogP contribution in [0.15, 0.2) is 34.9 Å². The lowest BCUT2D eigenvalue weighted by molar-refractivity contribution is -0.00229. The van der Waals surface area contributed by atoms with Crippen molar-refractivity contribution in [1.29, 1.82) is 0 Å². The molecule has 2 heterocycles. The molecule has 1 saturated heterocycles. The van der Waals surface area contributed by atoms with Crippen molar-refractivity contribution in [3.05, 3.63) is 36.1 Å². The summed E-state index contributed by atoms with van der Waals surface area (Å²) in [6.07, 6.45) is -0.498. The molecule has 7 nitrogen and oxygen atoms in total. The van der Waals surface area contributed by atoms with Crippen molar-refractivity contribution < 1.29 is 19.1 Å².